The molecule has 1 unspecified atom stereocenters. The maximum atomic E-state index is 11.4. The first-order valence-corrected chi connectivity index (χ1v) is 6.38. The predicted molar refractivity (Wildman–Crippen MR) is 72.8 cm³/mol. The lowest BCUT2D eigenvalue weighted by Crippen LogP contribution is -2.41. The summed E-state index contributed by atoms with van der Waals surface area (Å²) < 4.78 is 5.64. The van der Waals surface area contributed by atoms with Gasteiger partial charge in [-0.25, -0.2) is 5.84 Å². The standard InChI is InChI=1S/C10H11BrClN3O4/c1-2-8(10(16)14-13)19-9-6(11)3-5(12)4-7(9)15(17)18/h3-4,8H,2,13H2,1H3,(H,14,16). The molecule has 7 nitrogen and oxygen atoms in total. The van der Waals surface area contributed by atoms with E-state index in [4.69, 9.17) is 22.2 Å². The van der Waals surface area contributed by atoms with Crippen LogP contribution in [0.2, 0.25) is 5.02 Å². The summed E-state index contributed by atoms with van der Waals surface area (Å²) in [6.07, 6.45) is -0.629. The summed E-state index contributed by atoms with van der Waals surface area (Å²) in [5.74, 6) is 4.38. The third kappa shape index (κ3) is 3.79. The van der Waals surface area contributed by atoms with E-state index in [0.29, 0.717) is 6.42 Å². The molecule has 0 radical (unpaired) electrons. The molecular formula is C10H11BrClN3O4. The zero-order valence-electron chi connectivity index (χ0n) is 9.85. The van der Waals surface area contributed by atoms with E-state index in [1.807, 2.05) is 5.43 Å². The topological polar surface area (TPSA) is 107 Å². The molecule has 1 aromatic carbocycles. The Morgan fingerprint density at radius 1 is 1.68 bits per heavy atom. The molecule has 1 atom stereocenters. The molecule has 104 valence electrons. The van der Waals surface area contributed by atoms with E-state index in [9.17, 15) is 14.9 Å². The molecule has 1 rings (SSSR count). The monoisotopic (exact) mass is 351 g/mol. The highest BCUT2D eigenvalue weighted by molar-refractivity contribution is 9.10. The number of carbonyl (C=O) groups is 1. The number of halogens is 2. The molecule has 0 bridgehead atoms. The number of nitrogens with two attached hydrogens (primary N) is 1. The molecule has 0 heterocycles. The van der Waals surface area contributed by atoms with Gasteiger partial charge in [0, 0.05) is 11.1 Å². The minimum atomic E-state index is -0.929. The highest BCUT2D eigenvalue weighted by atomic mass is 79.9. The van der Waals surface area contributed by atoms with Gasteiger partial charge in [-0.15, -0.1) is 0 Å². The summed E-state index contributed by atoms with van der Waals surface area (Å²) in [4.78, 5) is 21.8. The maximum Gasteiger partial charge on any atom is 0.313 e. The lowest BCUT2D eigenvalue weighted by Gasteiger charge is -2.16. The van der Waals surface area contributed by atoms with Crippen molar-refractivity contribution in [2.75, 3.05) is 0 Å². The van der Waals surface area contributed by atoms with E-state index < -0.39 is 16.9 Å². The van der Waals surface area contributed by atoms with Gasteiger partial charge in [-0.05, 0) is 28.4 Å². The van der Waals surface area contributed by atoms with Gasteiger partial charge in [0.2, 0.25) is 5.75 Å². The minimum Gasteiger partial charge on any atom is -0.473 e. The van der Waals surface area contributed by atoms with Crippen LogP contribution in [0.5, 0.6) is 5.75 Å². The number of nitrogens with one attached hydrogen (secondary N) is 1. The summed E-state index contributed by atoms with van der Waals surface area (Å²) in [5.41, 5.74) is 1.61. The molecule has 0 aliphatic rings. The lowest BCUT2D eigenvalue weighted by atomic mass is 10.2. The number of rotatable bonds is 5. The molecule has 9 heteroatoms. The number of nitro groups is 1. The van der Waals surface area contributed by atoms with Crippen molar-refractivity contribution in [1.29, 1.82) is 0 Å². The summed E-state index contributed by atoms with van der Waals surface area (Å²) in [6, 6.07) is 2.59. The number of nitro benzene ring substituents is 1. The zero-order valence-corrected chi connectivity index (χ0v) is 12.2. The van der Waals surface area contributed by atoms with Gasteiger partial charge in [-0.1, -0.05) is 18.5 Å². The quantitative estimate of drug-likeness (QED) is 0.365. The van der Waals surface area contributed by atoms with E-state index in [0.717, 1.165) is 6.07 Å². The van der Waals surface area contributed by atoms with E-state index in [1.165, 1.54) is 6.07 Å². The van der Waals surface area contributed by atoms with Crippen LogP contribution in [0, 0.1) is 10.1 Å². The molecule has 19 heavy (non-hydrogen) atoms. The number of ether oxygens (including phenoxy) is 1. The van der Waals surface area contributed by atoms with Gasteiger partial charge < -0.3 is 4.74 Å². The second-order valence-corrected chi connectivity index (χ2v) is 4.81. The van der Waals surface area contributed by atoms with Gasteiger partial charge in [0.25, 0.3) is 5.91 Å². The van der Waals surface area contributed by atoms with Crippen LogP contribution in [-0.4, -0.2) is 16.9 Å². The molecule has 3 N–H and O–H groups in total. The van der Waals surface area contributed by atoms with Gasteiger partial charge in [0.1, 0.15) is 0 Å². The van der Waals surface area contributed by atoms with Gasteiger partial charge in [-0.3, -0.25) is 20.3 Å². The summed E-state index contributed by atoms with van der Waals surface area (Å²) in [7, 11) is 0. The van der Waals surface area contributed by atoms with Crippen LogP contribution in [0.1, 0.15) is 13.3 Å². The van der Waals surface area contributed by atoms with Gasteiger partial charge in [0.05, 0.1) is 9.40 Å². The fraction of sp³-hybridized carbons (Fsp3) is 0.300. The Bertz CT molecular complexity index is 512. The fourth-order valence-electron chi connectivity index (χ4n) is 1.36. The molecular weight excluding hydrogens is 341 g/mol. The molecule has 0 saturated heterocycles. The normalized spacial score (nSPS) is 11.8. The van der Waals surface area contributed by atoms with Crippen LogP contribution in [0.4, 0.5) is 5.69 Å². The number of hydrogen-bond donors (Lipinski definition) is 2. The van der Waals surface area contributed by atoms with E-state index in [2.05, 4.69) is 15.9 Å². The Morgan fingerprint density at radius 2 is 2.32 bits per heavy atom. The van der Waals surface area contributed by atoms with Crippen LogP contribution in [0.25, 0.3) is 0 Å². The number of benzene rings is 1. The van der Waals surface area contributed by atoms with Crippen LogP contribution in [0.15, 0.2) is 16.6 Å². The third-order valence-corrected chi connectivity index (χ3v) is 3.06. The average Bonchev–Trinajstić information content (AvgIpc) is 2.36. The van der Waals surface area contributed by atoms with Crippen molar-refractivity contribution >= 4 is 39.1 Å². The molecule has 0 saturated carbocycles. The highest BCUT2D eigenvalue weighted by Crippen LogP contribution is 2.38. The van der Waals surface area contributed by atoms with Gasteiger partial charge >= 0.3 is 5.69 Å². The zero-order chi connectivity index (χ0) is 14.6. The average molecular weight is 353 g/mol. The van der Waals surface area contributed by atoms with Gasteiger partial charge in [-0.2, -0.15) is 0 Å². The molecule has 0 aromatic heterocycles. The smallest absolute Gasteiger partial charge is 0.313 e. The van der Waals surface area contributed by atoms with Crippen molar-refractivity contribution < 1.29 is 14.5 Å². The molecule has 0 aliphatic carbocycles. The fourth-order valence-corrected chi connectivity index (χ4v) is 2.24. The Kier molecular flexibility index (Phi) is 5.52. The maximum absolute atomic E-state index is 11.4. The minimum absolute atomic E-state index is 0.0650. The number of hydrazine groups is 1. The van der Waals surface area contributed by atoms with E-state index in [1.54, 1.807) is 6.92 Å². The largest absolute Gasteiger partial charge is 0.473 e. The van der Waals surface area contributed by atoms with Gasteiger partial charge in [0.15, 0.2) is 6.10 Å². The van der Waals surface area contributed by atoms with Crippen molar-refractivity contribution in [2.45, 2.75) is 19.4 Å². The van der Waals surface area contributed by atoms with Crippen molar-refractivity contribution in [3.63, 3.8) is 0 Å². The first-order chi connectivity index (χ1) is 8.90. The van der Waals surface area contributed by atoms with Crippen molar-refractivity contribution in [3.05, 3.63) is 31.7 Å². The molecule has 1 amide bonds. The van der Waals surface area contributed by atoms with Crippen LogP contribution < -0.4 is 16.0 Å². The van der Waals surface area contributed by atoms with Crippen LogP contribution in [-0.2, 0) is 4.79 Å². The SMILES string of the molecule is CCC(Oc1c(Br)cc(Cl)cc1[N+](=O)[O-])C(=O)NN. The van der Waals surface area contributed by atoms with Crippen molar-refractivity contribution in [3.8, 4) is 5.75 Å². The first-order valence-electron chi connectivity index (χ1n) is 5.21. The lowest BCUT2D eigenvalue weighted by molar-refractivity contribution is -0.386. The number of carbonyl (C=O) groups excluding carboxylic acids is 1. The molecule has 1 aromatic rings. The Hall–Kier alpha value is -1.38. The number of hydrogen-bond acceptors (Lipinski definition) is 5. The second-order valence-electron chi connectivity index (χ2n) is 3.52. The number of nitrogens with zero attached hydrogens (tertiary/aromatic N) is 1. The third-order valence-electron chi connectivity index (χ3n) is 2.25. The van der Waals surface area contributed by atoms with E-state index in [-0.39, 0.29) is 20.9 Å². The van der Waals surface area contributed by atoms with Crippen molar-refractivity contribution in [2.24, 2.45) is 5.84 Å². The molecule has 0 spiro atoms. The second kappa shape index (κ2) is 6.69. The Labute approximate surface area is 122 Å². The summed E-state index contributed by atoms with van der Waals surface area (Å²) in [5, 5.41) is 11.1. The Balaban J connectivity index is 3.19. The van der Waals surface area contributed by atoms with Crippen molar-refractivity contribution in [1.82, 2.24) is 5.43 Å². The first kappa shape index (κ1) is 15.7. The molecule has 0 aliphatic heterocycles. The van der Waals surface area contributed by atoms with E-state index >= 15 is 0 Å². The van der Waals surface area contributed by atoms with Crippen LogP contribution >= 0.6 is 27.5 Å². The van der Waals surface area contributed by atoms with Crippen LogP contribution in [0.3, 0.4) is 0 Å². The molecule has 0 fully saturated rings. The number of amides is 1. The summed E-state index contributed by atoms with van der Waals surface area (Å²) >= 11 is 8.86. The highest BCUT2D eigenvalue weighted by Gasteiger charge is 2.25. The predicted octanol–water partition coefficient (Wildman–Crippen LogP) is 2.16. The summed E-state index contributed by atoms with van der Waals surface area (Å²) in [6.45, 7) is 1.69. The Morgan fingerprint density at radius 3 is 2.79 bits per heavy atom.